The predicted molar refractivity (Wildman–Crippen MR) is 153 cm³/mol. The number of aryl methyl sites for hydroxylation is 1. The van der Waals surface area contributed by atoms with E-state index in [4.69, 9.17) is 16.3 Å². The van der Waals surface area contributed by atoms with E-state index in [0.29, 0.717) is 5.75 Å². The summed E-state index contributed by atoms with van der Waals surface area (Å²) in [6.07, 6.45) is 11.3. The Morgan fingerprint density at radius 3 is 2.25 bits per heavy atom. The number of phenolic OH excluding ortho intramolecular Hbond substituents is 1. The number of nitrogens with one attached hydrogen (secondary N) is 3. The van der Waals surface area contributed by atoms with Crippen molar-refractivity contribution < 1.29 is 9.84 Å². The average molecular weight is 549 g/mol. The largest absolute Gasteiger partial charge is 0.504 e. The number of nitrogens with two attached hydrogens (primary N) is 2. The third-order valence-electron chi connectivity index (χ3n) is 5.89. The number of fused-ring (bicyclic) bond motifs is 1. The molecule has 1 heterocycles. The molecule has 36 heavy (non-hydrogen) atoms. The number of benzene rings is 1. The van der Waals surface area contributed by atoms with Crippen LogP contribution < -0.4 is 32.3 Å². The molecular weight excluding hydrogens is 501 g/mol. The Labute approximate surface area is 228 Å². The van der Waals surface area contributed by atoms with E-state index in [1.807, 2.05) is 18.3 Å². The number of rotatable bonds is 15. The lowest BCUT2D eigenvalue weighted by atomic mass is 9.99. The van der Waals surface area contributed by atoms with Gasteiger partial charge in [-0.1, -0.05) is 6.07 Å². The number of ether oxygens (including phenoxy) is 1. The molecule has 2 aromatic rings. The molecule has 0 aliphatic heterocycles. The maximum absolute atomic E-state index is 9.56. The highest BCUT2D eigenvalue weighted by Crippen LogP contribution is 2.26. The lowest BCUT2D eigenvalue weighted by molar-refractivity contribution is 0.373. The van der Waals surface area contributed by atoms with Crippen LogP contribution in [0.15, 0.2) is 24.4 Å². The fourth-order valence-electron chi connectivity index (χ4n) is 3.90. The van der Waals surface area contributed by atoms with Crippen LogP contribution in [0.3, 0.4) is 0 Å². The van der Waals surface area contributed by atoms with Crippen molar-refractivity contribution in [3.8, 4) is 11.5 Å². The summed E-state index contributed by atoms with van der Waals surface area (Å²) >= 11 is 0. The lowest BCUT2D eigenvalue weighted by Gasteiger charge is -2.10. The van der Waals surface area contributed by atoms with E-state index in [0.717, 1.165) is 77.1 Å². The summed E-state index contributed by atoms with van der Waals surface area (Å²) in [7, 11) is 1.56. The molecule has 0 radical (unpaired) electrons. The number of unbranched alkanes of at least 4 members (excludes halogenated alkanes) is 1. The molecule has 208 valence electrons. The van der Waals surface area contributed by atoms with Crippen LogP contribution in [-0.4, -0.2) is 61.4 Å². The third-order valence-corrected chi connectivity index (χ3v) is 5.89. The highest BCUT2D eigenvalue weighted by Gasteiger charge is 2.12. The van der Waals surface area contributed by atoms with Crippen LogP contribution in [-0.2, 0) is 19.4 Å². The number of aromatic nitrogens is 2. The molecule has 1 aliphatic carbocycles. The van der Waals surface area contributed by atoms with Gasteiger partial charge in [0.2, 0.25) is 0 Å². The van der Waals surface area contributed by atoms with Gasteiger partial charge in [0.05, 0.1) is 19.0 Å². The first-order valence-electron chi connectivity index (χ1n) is 12.6. The van der Waals surface area contributed by atoms with Crippen molar-refractivity contribution in [1.82, 2.24) is 25.8 Å². The van der Waals surface area contributed by atoms with Gasteiger partial charge in [-0.15, -0.1) is 24.8 Å². The molecule has 9 nitrogen and oxygen atoms in total. The lowest BCUT2D eigenvalue weighted by Crippen LogP contribution is -2.24. The van der Waals surface area contributed by atoms with Gasteiger partial charge in [-0.3, -0.25) is 0 Å². The van der Waals surface area contributed by atoms with Gasteiger partial charge in [0.25, 0.3) is 0 Å². The average Bonchev–Trinajstić information content (AvgIpc) is 3.24. The van der Waals surface area contributed by atoms with Crippen LogP contribution in [0.1, 0.15) is 55.3 Å². The number of halogens is 2. The quantitative estimate of drug-likeness (QED) is 0.148. The van der Waals surface area contributed by atoms with Crippen LogP contribution in [0.2, 0.25) is 0 Å². The predicted octanol–water partition coefficient (Wildman–Crippen LogP) is 2.51. The highest BCUT2D eigenvalue weighted by atomic mass is 35.5. The molecule has 0 bridgehead atoms. The number of hydrogen-bond donors (Lipinski definition) is 6. The molecule has 3 rings (SSSR count). The van der Waals surface area contributed by atoms with Crippen molar-refractivity contribution in [3.05, 3.63) is 41.2 Å². The van der Waals surface area contributed by atoms with Gasteiger partial charge in [-0.25, -0.2) is 0 Å². The van der Waals surface area contributed by atoms with E-state index in [2.05, 4.69) is 21.0 Å². The van der Waals surface area contributed by atoms with Crippen molar-refractivity contribution in [1.29, 1.82) is 0 Å². The van der Waals surface area contributed by atoms with E-state index >= 15 is 0 Å². The number of hydrogen-bond acceptors (Lipinski definition) is 8. The molecule has 0 amide bonds. The van der Waals surface area contributed by atoms with E-state index < -0.39 is 0 Å². The zero-order chi connectivity index (χ0) is 24.4. The summed E-state index contributed by atoms with van der Waals surface area (Å²) in [6.45, 7) is 6.74. The van der Waals surface area contributed by atoms with Crippen LogP contribution in [0.4, 0.5) is 0 Å². The second kappa shape index (κ2) is 21.3. The number of nitrogen functional groups attached to an aromatic ring is 1. The van der Waals surface area contributed by atoms with Crippen molar-refractivity contribution in [2.45, 2.75) is 57.9 Å². The second-order valence-corrected chi connectivity index (χ2v) is 8.65. The molecule has 8 N–H and O–H groups in total. The Bertz CT molecular complexity index is 809. The van der Waals surface area contributed by atoms with E-state index in [1.54, 1.807) is 13.2 Å². The van der Waals surface area contributed by atoms with Crippen LogP contribution >= 0.6 is 24.8 Å². The number of aromatic hydroxyl groups is 1. The zero-order valence-electron chi connectivity index (χ0n) is 21.6. The Morgan fingerprint density at radius 1 is 0.944 bits per heavy atom. The Hall–Kier alpha value is -1.75. The second-order valence-electron chi connectivity index (χ2n) is 8.65. The Kier molecular flexibility index (Phi) is 20.3. The van der Waals surface area contributed by atoms with Gasteiger partial charge in [-0.2, -0.15) is 9.89 Å². The molecule has 0 atom stereocenters. The summed E-state index contributed by atoms with van der Waals surface area (Å²) in [5.74, 6) is 6.27. The van der Waals surface area contributed by atoms with Crippen molar-refractivity contribution in [3.63, 3.8) is 0 Å². The monoisotopic (exact) mass is 547 g/mol. The SMILES string of the molecule is COc1cc(CNCCCNCCCCNCCCN)ccc1O.Cl.Cl.Nn1ncc2c1CCCC2. The van der Waals surface area contributed by atoms with Gasteiger partial charge in [0.1, 0.15) is 0 Å². The summed E-state index contributed by atoms with van der Waals surface area (Å²) in [4.78, 5) is 1.51. The molecule has 0 saturated carbocycles. The van der Waals surface area contributed by atoms with Gasteiger partial charge < -0.3 is 37.4 Å². The van der Waals surface area contributed by atoms with Gasteiger partial charge in [-0.05, 0) is 114 Å². The molecule has 0 saturated heterocycles. The van der Waals surface area contributed by atoms with Gasteiger partial charge >= 0.3 is 0 Å². The molecule has 1 aliphatic rings. The van der Waals surface area contributed by atoms with Gasteiger partial charge in [0, 0.05) is 6.54 Å². The maximum atomic E-state index is 9.56. The molecule has 1 aromatic heterocycles. The summed E-state index contributed by atoms with van der Waals surface area (Å²) in [5.41, 5.74) is 9.12. The Balaban J connectivity index is 0.000000848. The van der Waals surface area contributed by atoms with Crippen LogP contribution in [0, 0.1) is 0 Å². The molecule has 0 unspecified atom stereocenters. The molecule has 0 spiro atoms. The fraction of sp³-hybridized carbons (Fsp3) is 0.640. The van der Waals surface area contributed by atoms with Gasteiger partial charge in [0.15, 0.2) is 11.5 Å². The van der Waals surface area contributed by atoms with Crippen molar-refractivity contribution in [2.75, 3.05) is 52.2 Å². The summed E-state index contributed by atoms with van der Waals surface area (Å²) < 4.78 is 5.11. The normalized spacial score (nSPS) is 11.9. The first-order chi connectivity index (χ1) is 16.7. The minimum Gasteiger partial charge on any atom is -0.504 e. The first-order valence-corrected chi connectivity index (χ1v) is 12.6. The smallest absolute Gasteiger partial charge is 0.160 e. The molecular formula is C25H47Cl2N7O2. The van der Waals surface area contributed by atoms with Crippen LogP contribution in [0.5, 0.6) is 11.5 Å². The number of phenols is 1. The first kappa shape index (κ1) is 34.2. The third kappa shape index (κ3) is 13.5. The van der Waals surface area contributed by atoms with Crippen LogP contribution in [0.25, 0.3) is 0 Å². The number of methoxy groups -OCH3 is 1. The zero-order valence-corrected chi connectivity index (χ0v) is 23.3. The minimum absolute atomic E-state index is 0. The number of nitrogens with zero attached hydrogens (tertiary/aromatic N) is 2. The van der Waals surface area contributed by atoms with Crippen molar-refractivity contribution >= 4 is 24.8 Å². The van der Waals surface area contributed by atoms with E-state index in [9.17, 15) is 5.11 Å². The van der Waals surface area contributed by atoms with Crippen molar-refractivity contribution in [2.24, 2.45) is 5.73 Å². The topological polar surface area (TPSA) is 135 Å². The minimum atomic E-state index is 0. The summed E-state index contributed by atoms with van der Waals surface area (Å²) in [6, 6.07) is 5.44. The molecule has 0 fully saturated rings. The fourth-order valence-corrected chi connectivity index (χ4v) is 3.90. The summed E-state index contributed by atoms with van der Waals surface area (Å²) in [5, 5.41) is 23.8. The standard InChI is InChI=1S/C18H34N4O2.C7H11N3.2ClH/c1-24-18-14-16(6-7-17(18)23)15-22-13-5-12-21-10-3-2-9-20-11-4-8-19;8-10-7-4-2-1-3-6(7)5-9-10;;/h6-7,14,20-23H,2-5,8-13,15,19H2,1H3;5H,1-4,8H2;2*1H. The van der Waals surface area contributed by atoms with E-state index in [-0.39, 0.29) is 30.6 Å². The Morgan fingerprint density at radius 2 is 1.58 bits per heavy atom. The van der Waals surface area contributed by atoms with E-state index in [1.165, 1.54) is 41.7 Å². The molecule has 11 heteroatoms. The molecule has 1 aromatic carbocycles. The highest BCUT2D eigenvalue weighted by molar-refractivity contribution is 5.85. The maximum Gasteiger partial charge on any atom is 0.160 e.